The van der Waals surface area contributed by atoms with Gasteiger partial charge in [0, 0.05) is 5.56 Å². The Morgan fingerprint density at radius 3 is 2.67 bits per heavy atom. The number of halogens is 3. The first-order chi connectivity index (χ1) is 9.78. The molecule has 0 aromatic carbocycles. The Morgan fingerprint density at radius 1 is 1.33 bits per heavy atom. The van der Waals surface area contributed by atoms with Crippen LogP contribution in [0, 0.1) is 0 Å². The fourth-order valence-corrected chi connectivity index (χ4v) is 2.82. The van der Waals surface area contributed by atoms with Crippen molar-refractivity contribution < 1.29 is 22.8 Å². The van der Waals surface area contributed by atoms with Gasteiger partial charge in [0.05, 0.1) is 11.0 Å². The molecule has 1 unspecified atom stereocenters. The number of alkyl halides is 3. The Morgan fingerprint density at radius 2 is 2.05 bits per heavy atom. The van der Waals surface area contributed by atoms with Crippen LogP contribution in [-0.2, 0) is 5.41 Å². The van der Waals surface area contributed by atoms with Crippen LogP contribution in [0.15, 0.2) is 29.9 Å². The molecular weight excluding hydrogens is 287 g/mol. The number of ketones is 1. The number of primary amides is 1. The van der Waals surface area contributed by atoms with Gasteiger partial charge in [0.25, 0.3) is 5.91 Å². The third-order valence-electron chi connectivity index (χ3n) is 3.70. The van der Waals surface area contributed by atoms with Gasteiger partial charge in [-0.1, -0.05) is 18.2 Å². The van der Waals surface area contributed by atoms with E-state index in [-0.39, 0.29) is 17.7 Å². The molecule has 1 aromatic heterocycles. The lowest BCUT2D eigenvalue weighted by atomic mass is 9.69. The van der Waals surface area contributed by atoms with Crippen molar-refractivity contribution in [2.75, 3.05) is 0 Å². The number of fused-ring (bicyclic) bond motifs is 3. The molecule has 2 aliphatic carbocycles. The number of allylic oxidation sites excluding steroid dienone is 4. The molecule has 2 bridgehead atoms. The molecule has 1 spiro atoms. The fourth-order valence-electron chi connectivity index (χ4n) is 2.82. The Hall–Kier alpha value is -2.51. The predicted octanol–water partition coefficient (Wildman–Crippen LogP) is 1.46. The normalized spacial score (nSPS) is 23.6. The highest BCUT2D eigenvalue weighted by Crippen LogP contribution is 2.51. The molecule has 2 aliphatic rings. The first kappa shape index (κ1) is 13.5. The minimum Gasteiger partial charge on any atom is -0.364 e. The van der Waals surface area contributed by atoms with Gasteiger partial charge in [-0.3, -0.25) is 9.59 Å². The van der Waals surface area contributed by atoms with Crippen LogP contribution in [0.25, 0.3) is 0 Å². The van der Waals surface area contributed by atoms with Crippen LogP contribution >= 0.6 is 0 Å². The molecule has 2 N–H and O–H groups in total. The monoisotopic (exact) mass is 295 g/mol. The summed E-state index contributed by atoms with van der Waals surface area (Å²) in [6.07, 6.45) is -1.43. The van der Waals surface area contributed by atoms with E-state index in [9.17, 15) is 22.8 Å². The molecule has 0 saturated carbocycles. The fraction of sp³-hybridized carbons (Fsp3) is 0.231. The van der Waals surface area contributed by atoms with Crippen molar-refractivity contribution in [3.05, 3.63) is 46.8 Å². The van der Waals surface area contributed by atoms with E-state index in [0.717, 1.165) is 12.1 Å². The van der Waals surface area contributed by atoms with Crippen molar-refractivity contribution in [2.24, 2.45) is 5.73 Å². The van der Waals surface area contributed by atoms with E-state index >= 15 is 0 Å². The number of hydrogen-bond acceptors (Lipinski definition) is 4. The number of Topliss-reactive ketones (excluding diaryl/α,β-unsaturated/α-hetero) is 1. The lowest BCUT2D eigenvalue weighted by Crippen LogP contribution is -2.42. The van der Waals surface area contributed by atoms with Crippen molar-refractivity contribution in [3.63, 3.8) is 0 Å². The van der Waals surface area contributed by atoms with E-state index in [1.165, 1.54) is 12.2 Å². The number of amides is 1. The molecule has 0 radical (unpaired) electrons. The summed E-state index contributed by atoms with van der Waals surface area (Å²) in [4.78, 5) is 23.8. The molecular formula is C13H8F3N3O2. The number of hydrogen-bond donors (Lipinski definition) is 1. The summed E-state index contributed by atoms with van der Waals surface area (Å²) in [5, 5.41) is 6.99. The molecule has 8 heteroatoms. The summed E-state index contributed by atoms with van der Waals surface area (Å²) in [5.74, 6) is -1.83. The third kappa shape index (κ3) is 1.65. The zero-order chi connectivity index (χ0) is 15.4. The van der Waals surface area contributed by atoms with Crippen molar-refractivity contribution in [3.8, 4) is 0 Å². The molecule has 5 nitrogen and oxygen atoms in total. The van der Waals surface area contributed by atoms with Gasteiger partial charge < -0.3 is 5.73 Å². The lowest BCUT2D eigenvalue weighted by molar-refractivity contribution is -0.0997. The summed E-state index contributed by atoms with van der Waals surface area (Å²) in [7, 11) is 0. The SMILES string of the molecule is NC(=O)c1nnc2cc1C1(CC=CC=C1C(F)(F)F)C2=O. The van der Waals surface area contributed by atoms with E-state index in [0.29, 0.717) is 0 Å². The summed E-state index contributed by atoms with van der Waals surface area (Å²) < 4.78 is 40.0. The Balaban J connectivity index is 2.31. The van der Waals surface area contributed by atoms with Crippen molar-refractivity contribution in [1.82, 2.24) is 10.2 Å². The molecule has 1 aromatic rings. The summed E-state index contributed by atoms with van der Waals surface area (Å²) in [6, 6.07) is 1.16. The van der Waals surface area contributed by atoms with Gasteiger partial charge in [-0.25, -0.2) is 0 Å². The minimum absolute atomic E-state index is 0.127. The van der Waals surface area contributed by atoms with Crippen LogP contribution in [0.2, 0.25) is 0 Å². The molecule has 21 heavy (non-hydrogen) atoms. The molecule has 3 rings (SSSR count). The van der Waals surface area contributed by atoms with Crippen LogP contribution in [0.5, 0.6) is 0 Å². The molecule has 108 valence electrons. The summed E-state index contributed by atoms with van der Waals surface area (Å²) in [6.45, 7) is 0. The summed E-state index contributed by atoms with van der Waals surface area (Å²) >= 11 is 0. The zero-order valence-corrected chi connectivity index (χ0v) is 10.4. The zero-order valence-electron chi connectivity index (χ0n) is 10.4. The van der Waals surface area contributed by atoms with Gasteiger partial charge in [-0.15, -0.1) is 10.2 Å². The Bertz CT molecular complexity index is 737. The average Bonchev–Trinajstić information content (AvgIpc) is 2.61. The standard InChI is InChI=1S/C13H8F3N3O2/c14-13(15,16)8-3-1-2-4-12(8)6-5-7(10(12)20)18-19-9(6)11(17)21/h1-3,5H,4H2,(H2,17,21). The maximum absolute atomic E-state index is 13.3. The van der Waals surface area contributed by atoms with Crippen molar-refractivity contribution in [2.45, 2.75) is 18.0 Å². The van der Waals surface area contributed by atoms with Crippen LogP contribution in [0.1, 0.15) is 33.0 Å². The van der Waals surface area contributed by atoms with E-state index in [4.69, 9.17) is 5.73 Å². The van der Waals surface area contributed by atoms with Gasteiger partial charge in [0.2, 0.25) is 0 Å². The van der Waals surface area contributed by atoms with Gasteiger partial charge in [-0.05, 0) is 12.5 Å². The van der Waals surface area contributed by atoms with E-state index in [1.807, 2.05) is 0 Å². The largest absolute Gasteiger partial charge is 0.414 e. The number of carbonyl (C=O) groups is 2. The Kier molecular flexibility index (Phi) is 2.56. The molecule has 0 saturated heterocycles. The third-order valence-corrected chi connectivity index (χ3v) is 3.70. The number of aromatic nitrogens is 2. The second-order valence-electron chi connectivity index (χ2n) is 4.80. The maximum atomic E-state index is 13.3. The molecule has 1 atom stereocenters. The first-order valence-corrected chi connectivity index (χ1v) is 5.96. The van der Waals surface area contributed by atoms with Crippen molar-refractivity contribution in [1.29, 1.82) is 0 Å². The van der Waals surface area contributed by atoms with Crippen molar-refractivity contribution >= 4 is 11.7 Å². The van der Waals surface area contributed by atoms with Gasteiger partial charge >= 0.3 is 6.18 Å². The number of nitrogens with two attached hydrogens (primary N) is 1. The quantitative estimate of drug-likeness (QED) is 0.849. The van der Waals surface area contributed by atoms with E-state index < -0.39 is 34.5 Å². The van der Waals surface area contributed by atoms with Crippen LogP contribution in [0.4, 0.5) is 13.2 Å². The second-order valence-corrected chi connectivity index (χ2v) is 4.80. The summed E-state index contributed by atoms with van der Waals surface area (Å²) in [5.41, 5.74) is 1.37. The maximum Gasteiger partial charge on any atom is 0.414 e. The highest BCUT2D eigenvalue weighted by Gasteiger charge is 2.58. The topological polar surface area (TPSA) is 85.9 Å². The Labute approximate surface area is 116 Å². The number of nitrogens with zero attached hydrogens (tertiary/aromatic N) is 2. The van der Waals surface area contributed by atoms with Crippen LogP contribution in [-0.4, -0.2) is 28.1 Å². The highest BCUT2D eigenvalue weighted by atomic mass is 19.4. The molecule has 1 amide bonds. The van der Waals surface area contributed by atoms with E-state index in [2.05, 4.69) is 10.2 Å². The second kappa shape index (κ2) is 4.00. The lowest BCUT2D eigenvalue weighted by Gasteiger charge is -2.33. The predicted molar refractivity (Wildman–Crippen MR) is 64.5 cm³/mol. The van der Waals surface area contributed by atoms with Gasteiger partial charge in [0.15, 0.2) is 11.5 Å². The average molecular weight is 295 g/mol. The highest BCUT2D eigenvalue weighted by molar-refractivity contribution is 6.11. The molecule has 0 fully saturated rings. The number of carbonyl (C=O) groups excluding carboxylic acids is 2. The first-order valence-electron chi connectivity index (χ1n) is 5.96. The molecule has 0 aliphatic heterocycles. The minimum atomic E-state index is -4.72. The van der Waals surface area contributed by atoms with E-state index in [1.54, 1.807) is 0 Å². The number of rotatable bonds is 1. The molecule has 1 heterocycles. The van der Waals surface area contributed by atoms with Crippen LogP contribution in [0.3, 0.4) is 0 Å². The van der Waals surface area contributed by atoms with Gasteiger partial charge in [-0.2, -0.15) is 13.2 Å². The smallest absolute Gasteiger partial charge is 0.364 e. The van der Waals surface area contributed by atoms with Gasteiger partial charge in [0.1, 0.15) is 5.69 Å². The van der Waals surface area contributed by atoms with Crippen LogP contribution < -0.4 is 5.73 Å².